The summed E-state index contributed by atoms with van der Waals surface area (Å²) in [7, 11) is 3.90. The van der Waals surface area contributed by atoms with Gasteiger partial charge in [0.05, 0.1) is 15.8 Å². The minimum Gasteiger partial charge on any atom is -0.423 e. The summed E-state index contributed by atoms with van der Waals surface area (Å²) >= 11 is 4.91. The van der Waals surface area contributed by atoms with Crippen molar-refractivity contribution < 1.29 is 9.53 Å². The second-order valence-electron chi connectivity index (χ2n) is 4.89. The van der Waals surface area contributed by atoms with E-state index in [4.69, 9.17) is 4.74 Å². The summed E-state index contributed by atoms with van der Waals surface area (Å²) in [4.78, 5) is 18.7. The van der Waals surface area contributed by atoms with Crippen molar-refractivity contribution in [2.24, 2.45) is 0 Å². The van der Waals surface area contributed by atoms with E-state index >= 15 is 0 Å². The number of fused-ring (bicyclic) bond motifs is 1. The summed E-state index contributed by atoms with van der Waals surface area (Å²) in [6.45, 7) is 0. The van der Waals surface area contributed by atoms with Gasteiger partial charge in [-0.2, -0.15) is 0 Å². The highest BCUT2D eigenvalue weighted by molar-refractivity contribution is 9.10. The van der Waals surface area contributed by atoms with Crippen LogP contribution in [0.5, 0.6) is 5.75 Å². The summed E-state index contributed by atoms with van der Waals surface area (Å²) in [5, 5.41) is 0.921. The molecule has 0 fully saturated rings. The highest BCUT2D eigenvalue weighted by Gasteiger charge is 2.13. The lowest BCUT2D eigenvalue weighted by molar-refractivity contribution is 0.0734. The Morgan fingerprint density at radius 1 is 1.23 bits per heavy atom. The Morgan fingerprint density at radius 3 is 2.73 bits per heavy atom. The summed E-state index contributed by atoms with van der Waals surface area (Å²) in [6, 6.07) is 12.7. The fourth-order valence-electron chi connectivity index (χ4n) is 1.94. The van der Waals surface area contributed by atoms with Crippen LogP contribution < -0.4 is 9.64 Å². The monoisotopic (exact) mass is 376 g/mol. The van der Waals surface area contributed by atoms with Crippen molar-refractivity contribution in [3.8, 4) is 5.75 Å². The molecule has 3 aromatic rings. The molecule has 1 aromatic heterocycles. The van der Waals surface area contributed by atoms with Crippen LogP contribution in [0.2, 0.25) is 0 Å². The Labute approximate surface area is 140 Å². The zero-order valence-electron chi connectivity index (χ0n) is 12.0. The number of anilines is 1. The van der Waals surface area contributed by atoms with E-state index in [1.54, 1.807) is 29.5 Å². The third kappa shape index (κ3) is 2.98. The number of hydrogen-bond donors (Lipinski definition) is 0. The maximum absolute atomic E-state index is 12.2. The molecule has 0 bridgehead atoms. The maximum Gasteiger partial charge on any atom is 0.344 e. The highest BCUT2D eigenvalue weighted by atomic mass is 79.9. The van der Waals surface area contributed by atoms with Gasteiger partial charge in [0.1, 0.15) is 5.75 Å². The summed E-state index contributed by atoms with van der Waals surface area (Å²) in [6.07, 6.45) is 0. The molecule has 0 amide bonds. The molecule has 6 heteroatoms. The van der Waals surface area contributed by atoms with Crippen molar-refractivity contribution in [1.82, 2.24) is 4.98 Å². The summed E-state index contributed by atoms with van der Waals surface area (Å²) in [5.41, 5.74) is 1.40. The van der Waals surface area contributed by atoms with Crippen LogP contribution in [0.15, 0.2) is 46.9 Å². The highest BCUT2D eigenvalue weighted by Crippen LogP contribution is 2.31. The van der Waals surface area contributed by atoms with Crippen LogP contribution in [-0.2, 0) is 0 Å². The van der Waals surface area contributed by atoms with Crippen molar-refractivity contribution in [2.45, 2.75) is 0 Å². The number of ether oxygens (including phenoxy) is 1. The molecule has 0 aliphatic carbocycles. The smallest absolute Gasteiger partial charge is 0.344 e. The predicted octanol–water partition coefficient (Wildman–Crippen LogP) is 4.34. The van der Waals surface area contributed by atoms with Gasteiger partial charge < -0.3 is 9.64 Å². The molecule has 2 aromatic carbocycles. The molecule has 1 heterocycles. The number of rotatable bonds is 3. The van der Waals surface area contributed by atoms with E-state index in [9.17, 15) is 4.79 Å². The molecular weight excluding hydrogens is 364 g/mol. The molecule has 0 atom stereocenters. The van der Waals surface area contributed by atoms with Crippen molar-refractivity contribution in [2.75, 3.05) is 19.0 Å². The van der Waals surface area contributed by atoms with Gasteiger partial charge in [0, 0.05) is 24.6 Å². The molecule has 0 saturated carbocycles. The first-order valence-corrected chi connectivity index (χ1v) is 8.20. The third-order valence-electron chi connectivity index (χ3n) is 3.04. The largest absolute Gasteiger partial charge is 0.423 e. The minimum absolute atomic E-state index is 0.385. The third-order valence-corrected chi connectivity index (χ3v) is 4.91. The van der Waals surface area contributed by atoms with E-state index in [1.807, 2.05) is 43.3 Å². The lowest BCUT2D eigenvalue weighted by atomic mass is 10.2. The van der Waals surface area contributed by atoms with E-state index in [-0.39, 0.29) is 5.97 Å². The summed E-state index contributed by atoms with van der Waals surface area (Å²) in [5.74, 6) is 0.131. The lowest BCUT2D eigenvalue weighted by Gasteiger charge is -2.05. The number of nitrogens with zero attached hydrogens (tertiary/aromatic N) is 2. The maximum atomic E-state index is 12.2. The van der Waals surface area contributed by atoms with Gasteiger partial charge in [0.25, 0.3) is 0 Å². The van der Waals surface area contributed by atoms with E-state index in [0.717, 1.165) is 15.3 Å². The lowest BCUT2D eigenvalue weighted by Crippen LogP contribution is -2.08. The first kappa shape index (κ1) is 15.0. The van der Waals surface area contributed by atoms with E-state index in [0.29, 0.717) is 15.8 Å². The Bertz CT molecular complexity index is 845. The van der Waals surface area contributed by atoms with Gasteiger partial charge in [-0.1, -0.05) is 23.5 Å². The fraction of sp³-hybridized carbons (Fsp3) is 0.125. The molecule has 22 heavy (non-hydrogen) atoms. The second kappa shape index (κ2) is 6.06. The molecule has 0 saturated heterocycles. The molecule has 112 valence electrons. The van der Waals surface area contributed by atoms with Gasteiger partial charge in [-0.15, -0.1) is 0 Å². The van der Waals surface area contributed by atoms with Gasteiger partial charge in [-0.3, -0.25) is 0 Å². The van der Waals surface area contributed by atoms with Crippen LogP contribution in [0.3, 0.4) is 0 Å². The Kier molecular flexibility index (Phi) is 4.13. The van der Waals surface area contributed by atoms with Crippen LogP contribution in [-0.4, -0.2) is 25.0 Å². The topological polar surface area (TPSA) is 42.4 Å². The number of carbonyl (C=O) groups excluding carboxylic acids is 1. The first-order chi connectivity index (χ1) is 10.5. The SMILES string of the molecule is CN(C)c1nc2ccc(OC(=O)c3ccccc3Br)cc2s1. The zero-order chi connectivity index (χ0) is 15.7. The van der Waals surface area contributed by atoms with Crippen LogP contribution in [0.4, 0.5) is 5.13 Å². The molecule has 0 unspecified atom stereocenters. The van der Waals surface area contributed by atoms with Crippen molar-refractivity contribution in [3.63, 3.8) is 0 Å². The van der Waals surface area contributed by atoms with E-state index in [1.165, 1.54) is 0 Å². The normalized spacial score (nSPS) is 10.7. The quantitative estimate of drug-likeness (QED) is 0.503. The van der Waals surface area contributed by atoms with Crippen LogP contribution in [0, 0.1) is 0 Å². The van der Waals surface area contributed by atoms with Gasteiger partial charge in [-0.05, 0) is 40.2 Å². The van der Waals surface area contributed by atoms with Gasteiger partial charge in [-0.25, -0.2) is 9.78 Å². The molecule has 0 N–H and O–H groups in total. The van der Waals surface area contributed by atoms with Crippen molar-refractivity contribution in [1.29, 1.82) is 0 Å². The van der Waals surface area contributed by atoms with Crippen LogP contribution in [0.25, 0.3) is 10.2 Å². The number of halogens is 1. The van der Waals surface area contributed by atoms with Gasteiger partial charge in [0.2, 0.25) is 0 Å². The van der Waals surface area contributed by atoms with E-state index in [2.05, 4.69) is 20.9 Å². The molecule has 0 spiro atoms. The first-order valence-electron chi connectivity index (χ1n) is 6.59. The number of benzene rings is 2. The Morgan fingerprint density at radius 2 is 2.00 bits per heavy atom. The van der Waals surface area contributed by atoms with Crippen molar-refractivity contribution >= 4 is 48.6 Å². The number of thiazole rings is 1. The molecule has 3 rings (SSSR count). The zero-order valence-corrected chi connectivity index (χ0v) is 14.4. The average molecular weight is 377 g/mol. The molecule has 4 nitrogen and oxygen atoms in total. The van der Waals surface area contributed by atoms with Gasteiger partial charge in [0.15, 0.2) is 5.13 Å². The number of aromatic nitrogens is 1. The van der Waals surface area contributed by atoms with Crippen LogP contribution >= 0.6 is 27.3 Å². The Hall–Kier alpha value is -1.92. The predicted molar refractivity (Wildman–Crippen MR) is 93.0 cm³/mol. The van der Waals surface area contributed by atoms with E-state index < -0.39 is 0 Å². The molecule has 0 aliphatic rings. The molecule has 0 aliphatic heterocycles. The molecular formula is C16H13BrN2O2S. The number of esters is 1. The number of carbonyl (C=O) groups is 1. The standard InChI is InChI=1S/C16H13BrN2O2S/c1-19(2)16-18-13-8-7-10(9-14(13)22-16)21-15(20)11-5-3-4-6-12(11)17/h3-9H,1-2H3. The summed E-state index contributed by atoms with van der Waals surface area (Å²) < 4.78 is 7.16. The fourth-order valence-corrected chi connectivity index (χ4v) is 3.30. The van der Waals surface area contributed by atoms with Gasteiger partial charge >= 0.3 is 5.97 Å². The minimum atomic E-state index is -0.385. The van der Waals surface area contributed by atoms with Crippen LogP contribution in [0.1, 0.15) is 10.4 Å². The molecule has 0 radical (unpaired) electrons. The van der Waals surface area contributed by atoms with Crippen molar-refractivity contribution in [3.05, 3.63) is 52.5 Å². The Balaban J connectivity index is 1.88. The number of hydrogen-bond acceptors (Lipinski definition) is 5. The average Bonchev–Trinajstić information content (AvgIpc) is 2.91. The second-order valence-corrected chi connectivity index (χ2v) is 6.75.